The molecule has 0 unspecified atom stereocenters. The Bertz CT molecular complexity index is 1250. The number of halogens is 5. The van der Waals surface area contributed by atoms with Crippen LogP contribution in [0.5, 0.6) is 0 Å². The maximum absolute atomic E-state index is 14.3. The van der Waals surface area contributed by atoms with Gasteiger partial charge in [-0.2, -0.15) is 13.2 Å². The highest BCUT2D eigenvalue weighted by Gasteiger charge is 2.58. The number of sulfone groups is 1. The summed E-state index contributed by atoms with van der Waals surface area (Å²) in [6, 6.07) is 8.15. The number of amides is 1. The van der Waals surface area contributed by atoms with Crippen LogP contribution in [-0.4, -0.2) is 50.3 Å². The molecule has 0 aliphatic carbocycles. The summed E-state index contributed by atoms with van der Waals surface area (Å²) in [5.74, 6) is -0.620. The third-order valence-electron chi connectivity index (χ3n) is 6.02. The minimum Gasteiger partial charge on any atom is -0.347 e. The highest BCUT2D eigenvalue weighted by atomic mass is 35.5. The van der Waals surface area contributed by atoms with E-state index in [0.717, 1.165) is 0 Å². The van der Waals surface area contributed by atoms with Gasteiger partial charge < -0.3 is 5.32 Å². The SMILES string of the molecule is Cc1cc(C2=NC[C@@](c3cc(Cl)cc(Cl)c3)(C(F)(F)F)C2)ccc1C(=O)NC1CS(=O)(=O)C1. The number of hydrogen-bond donors (Lipinski definition) is 1. The molecule has 0 spiro atoms. The lowest BCUT2D eigenvalue weighted by Crippen LogP contribution is -2.53. The van der Waals surface area contributed by atoms with Gasteiger partial charge in [-0.15, -0.1) is 0 Å². The second-order valence-corrected chi connectivity index (χ2v) is 11.5. The van der Waals surface area contributed by atoms with Crippen molar-refractivity contribution >= 4 is 44.7 Å². The van der Waals surface area contributed by atoms with Crippen LogP contribution in [-0.2, 0) is 15.3 Å². The molecule has 5 nitrogen and oxygen atoms in total. The molecule has 2 aromatic rings. The van der Waals surface area contributed by atoms with E-state index in [0.29, 0.717) is 16.7 Å². The smallest absolute Gasteiger partial charge is 0.347 e. The molecule has 0 aromatic heterocycles. The summed E-state index contributed by atoms with van der Waals surface area (Å²) in [4.78, 5) is 16.7. The summed E-state index contributed by atoms with van der Waals surface area (Å²) in [7, 11) is -3.08. The molecule has 0 radical (unpaired) electrons. The number of hydrogen-bond acceptors (Lipinski definition) is 4. The van der Waals surface area contributed by atoms with Crippen LogP contribution in [0.25, 0.3) is 0 Å². The fraction of sp³-hybridized carbons (Fsp3) is 0.364. The van der Waals surface area contributed by atoms with Crippen molar-refractivity contribution in [2.24, 2.45) is 4.99 Å². The van der Waals surface area contributed by atoms with Crippen molar-refractivity contribution in [3.63, 3.8) is 0 Å². The van der Waals surface area contributed by atoms with Gasteiger partial charge in [0.1, 0.15) is 5.41 Å². The molecule has 176 valence electrons. The lowest BCUT2D eigenvalue weighted by atomic mass is 9.76. The second-order valence-electron chi connectivity index (χ2n) is 8.45. The molecular formula is C22H19Cl2F3N2O3S. The first-order valence-electron chi connectivity index (χ1n) is 9.99. The van der Waals surface area contributed by atoms with Crippen LogP contribution in [0.1, 0.15) is 33.5 Å². The Kier molecular flexibility index (Phi) is 6.04. The Morgan fingerprint density at radius 3 is 2.30 bits per heavy atom. The fourth-order valence-electron chi connectivity index (χ4n) is 4.21. The molecule has 11 heteroatoms. The molecule has 0 bridgehead atoms. The van der Waals surface area contributed by atoms with Crippen molar-refractivity contribution in [1.82, 2.24) is 5.32 Å². The summed E-state index contributed by atoms with van der Waals surface area (Å²) in [5, 5.41) is 2.88. The van der Waals surface area contributed by atoms with E-state index < -0.39 is 46.3 Å². The van der Waals surface area contributed by atoms with Crippen molar-refractivity contribution in [3.05, 3.63) is 68.7 Å². The van der Waals surface area contributed by atoms with E-state index in [-0.39, 0.29) is 32.8 Å². The number of carbonyl (C=O) groups excluding carboxylic acids is 1. The van der Waals surface area contributed by atoms with Gasteiger partial charge in [0.05, 0.1) is 24.1 Å². The van der Waals surface area contributed by atoms with Crippen molar-refractivity contribution in [2.45, 2.75) is 31.0 Å². The van der Waals surface area contributed by atoms with Gasteiger partial charge in [0, 0.05) is 27.7 Å². The Morgan fingerprint density at radius 2 is 1.76 bits per heavy atom. The molecule has 2 aliphatic rings. The topological polar surface area (TPSA) is 75.6 Å². The maximum atomic E-state index is 14.3. The van der Waals surface area contributed by atoms with Gasteiger partial charge in [-0.1, -0.05) is 29.3 Å². The fourth-order valence-corrected chi connectivity index (χ4v) is 6.03. The average Bonchev–Trinajstić information content (AvgIpc) is 3.12. The molecule has 1 fully saturated rings. The Hall–Kier alpha value is -2.10. The normalized spacial score (nSPS) is 22.5. The number of carbonyl (C=O) groups is 1. The first kappa shape index (κ1) is 24.0. The van der Waals surface area contributed by atoms with Crippen LogP contribution >= 0.6 is 23.2 Å². The van der Waals surface area contributed by atoms with Crippen molar-refractivity contribution < 1.29 is 26.4 Å². The molecular weight excluding hydrogens is 500 g/mol. The van der Waals surface area contributed by atoms with E-state index in [1.165, 1.54) is 24.3 Å². The van der Waals surface area contributed by atoms with Gasteiger partial charge in [-0.3, -0.25) is 9.79 Å². The predicted molar refractivity (Wildman–Crippen MR) is 121 cm³/mol. The Balaban J connectivity index is 1.57. The molecule has 1 atom stereocenters. The quantitative estimate of drug-likeness (QED) is 0.646. The van der Waals surface area contributed by atoms with Gasteiger partial charge in [0.25, 0.3) is 5.91 Å². The number of nitrogens with zero attached hydrogens (tertiary/aromatic N) is 1. The molecule has 2 aromatic carbocycles. The lowest BCUT2D eigenvalue weighted by molar-refractivity contribution is -0.183. The van der Waals surface area contributed by atoms with E-state index in [1.54, 1.807) is 19.1 Å². The van der Waals surface area contributed by atoms with Gasteiger partial charge in [0.15, 0.2) is 9.84 Å². The minimum absolute atomic E-state index is 0.0468. The van der Waals surface area contributed by atoms with Gasteiger partial charge >= 0.3 is 6.18 Å². The largest absolute Gasteiger partial charge is 0.400 e. The number of aryl methyl sites for hydroxylation is 1. The van der Waals surface area contributed by atoms with Crippen LogP contribution in [0.3, 0.4) is 0 Å². The van der Waals surface area contributed by atoms with E-state index >= 15 is 0 Å². The monoisotopic (exact) mass is 518 g/mol. The number of rotatable bonds is 4. The predicted octanol–water partition coefficient (Wildman–Crippen LogP) is 4.52. The summed E-state index contributed by atoms with van der Waals surface area (Å²) < 4.78 is 65.3. The van der Waals surface area contributed by atoms with Gasteiger partial charge in [0.2, 0.25) is 0 Å². The van der Waals surface area contributed by atoms with Crippen molar-refractivity contribution in [1.29, 1.82) is 0 Å². The van der Waals surface area contributed by atoms with E-state index in [4.69, 9.17) is 23.2 Å². The van der Waals surface area contributed by atoms with E-state index in [9.17, 15) is 26.4 Å². The van der Waals surface area contributed by atoms with Crippen molar-refractivity contribution in [2.75, 3.05) is 18.1 Å². The zero-order chi connectivity index (χ0) is 24.2. The molecule has 1 N–H and O–H groups in total. The van der Waals surface area contributed by atoms with Crippen LogP contribution < -0.4 is 5.32 Å². The minimum atomic E-state index is -4.59. The average molecular weight is 519 g/mol. The first-order valence-corrected chi connectivity index (χ1v) is 12.6. The zero-order valence-corrected chi connectivity index (χ0v) is 19.7. The Morgan fingerprint density at radius 1 is 1.12 bits per heavy atom. The molecule has 1 amide bonds. The standard InChI is InChI=1S/C22H19Cl2F3N2O3S/c1-12-4-13(2-3-18(12)20(30)29-17-9-33(31,32)10-17)19-8-21(11-28-19,22(25,26)27)14-5-15(23)7-16(24)6-14/h2-7,17H,8-11H2,1H3,(H,29,30)/t21-/m0/s1. The summed E-state index contributed by atoms with van der Waals surface area (Å²) in [6.45, 7) is 1.17. The van der Waals surface area contributed by atoms with E-state index in [2.05, 4.69) is 10.3 Å². The van der Waals surface area contributed by atoms with Crippen LogP contribution in [0.2, 0.25) is 10.0 Å². The summed E-state index contributed by atoms with van der Waals surface area (Å²) in [5.41, 5.74) is -0.681. The lowest BCUT2D eigenvalue weighted by Gasteiger charge is -2.31. The summed E-state index contributed by atoms with van der Waals surface area (Å²) >= 11 is 11.9. The number of alkyl halides is 3. The number of benzene rings is 2. The van der Waals surface area contributed by atoms with Crippen molar-refractivity contribution in [3.8, 4) is 0 Å². The molecule has 0 saturated carbocycles. The van der Waals surface area contributed by atoms with E-state index in [1.807, 2.05) is 0 Å². The molecule has 4 rings (SSSR count). The molecule has 33 heavy (non-hydrogen) atoms. The molecule has 1 saturated heterocycles. The maximum Gasteiger partial charge on any atom is 0.400 e. The highest BCUT2D eigenvalue weighted by molar-refractivity contribution is 7.92. The van der Waals surface area contributed by atoms with Gasteiger partial charge in [-0.25, -0.2) is 8.42 Å². The van der Waals surface area contributed by atoms with Crippen LogP contribution in [0.15, 0.2) is 41.4 Å². The van der Waals surface area contributed by atoms with Gasteiger partial charge in [-0.05, 0) is 53.9 Å². The number of aliphatic imine (C=N–C) groups is 1. The third kappa shape index (κ3) is 4.63. The van der Waals surface area contributed by atoms with Crippen LogP contribution in [0.4, 0.5) is 13.2 Å². The zero-order valence-electron chi connectivity index (χ0n) is 17.3. The third-order valence-corrected chi connectivity index (χ3v) is 8.27. The molecule has 2 heterocycles. The number of nitrogens with one attached hydrogen (secondary N) is 1. The summed E-state index contributed by atoms with van der Waals surface area (Å²) in [6.07, 6.45) is -4.98. The second kappa shape index (κ2) is 8.29. The molecule has 2 aliphatic heterocycles. The first-order chi connectivity index (χ1) is 15.3. The Labute approximate surface area is 198 Å². The van der Waals surface area contributed by atoms with Crippen LogP contribution in [0, 0.1) is 6.92 Å². The highest BCUT2D eigenvalue weighted by Crippen LogP contribution is 2.48.